The summed E-state index contributed by atoms with van der Waals surface area (Å²) >= 11 is 0. The van der Waals surface area contributed by atoms with Gasteiger partial charge in [-0.1, -0.05) is 19.3 Å². The van der Waals surface area contributed by atoms with E-state index in [4.69, 9.17) is 4.98 Å². The number of anilines is 1. The molecule has 2 heterocycles. The van der Waals surface area contributed by atoms with Crippen molar-refractivity contribution in [3.05, 3.63) is 11.9 Å². The Kier molecular flexibility index (Phi) is 2.39. The lowest BCUT2D eigenvalue weighted by Gasteiger charge is -2.19. The highest BCUT2D eigenvalue weighted by Crippen LogP contribution is 2.33. The van der Waals surface area contributed by atoms with Crippen LogP contribution in [0, 0.1) is 0 Å². The summed E-state index contributed by atoms with van der Waals surface area (Å²) in [7, 11) is 0. The van der Waals surface area contributed by atoms with Crippen molar-refractivity contribution < 1.29 is 0 Å². The molecule has 1 fully saturated rings. The molecule has 3 heteroatoms. The first-order chi connectivity index (χ1) is 7.43. The third kappa shape index (κ3) is 1.75. The lowest BCUT2D eigenvalue weighted by molar-refractivity contribution is 0.437. The highest BCUT2D eigenvalue weighted by atomic mass is 15.2. The summed E-state index contributed by atoms with van der Waals surface area (Å²) in [6.07, 6.45) is 10.4. The number of hydrogen-bond acceptors (Lipinski definition) is 2. The number of hydrogen-bond donors (Lipinski definition) is 1. The average Bonchev–Trinajstić information content (AvgIpc) is 2.74. The molecule has 1 aromatic rings. The molecule has 15 heavy (non-hydrogen) atoms. The highest BCUT2D eigenvalue weighted by molar-refractivity contribution is 5.31. The first-order valence-electron chi connectivity index (χ1n) is 6.24. The predicted molar refractivity (Wildman–Crippen MR) is 61.2 cm³/mol. The van der Waals surface area contributed by atoms with E-state index in [1.165, 1.54) is 44.2 Å². The van der Waals surface area contributed by atoms with Crippen molar-refractivity contribution in [1.29, 1.82) is 0 Å². The lowest BCUT2D eigenvalue weighted by Crippen LogP contribution is -2.16. The lowest BCUT2D eigenvalue weighted by atomic mass is 9.87. The van der Waals surface area contributed by atoms with Crippen LogP contribution in [0.2, 0.25) is 0 Å². The predicted octanol–water partition coefficient (Wildman–Crippen LogP) is 2.75. The summed E-state index contributed by atoms with van der Waals surface area (Å²) in [6.45, 7) is 2.23. The molecule has 0 spiro atoms. The number of rotatable bonds is 1. The van der Waals surface area contributed by atoms with Gasteiger partial charge in [-0.25, -0.2) is 4.98 Å². The molecule has 0 aromatic carbocycles. The van der Waals surface area contributed by atoms with E-state index in [1.807, 2.05) is 0 Å². The Hall–Kier alpha value is -0.990. The van der Waals surface area contributed by atoms with Crippen LogP contribution in [0.1, 0.15) is 50.1 Å². The molecule has 82 valence electrons. The van der Waals surface area contributed by atoms with Crippen molar-refractivity contribution >= 4 is 5.95 Å². The number of imidazole rings is 1. The van der Waals surface area contributed by atoms with E-state index in [0.717, 1.165) is 25.0 Å². The minimum atomic E-state index is 0.735. The molecule has 1 aliphatic carbocycles. The summed E-state index contributed by atoms with van der Waals surface area (Å²) in [4.78, 5) is 4.73. The standard InChI is InChI=1S/C12H19N3/c1-2-5-10(6-3-1)11-9-15-8-4-7-13-12(15)14-11/h9-10H,1-8H2,(H,13,14). The van der Waals surface area contributed by atoms with E-state index < -0.39 is 0 Å². The van der Waals surface area contributed by atoms with Crippen LogP contribution in [0.4, 0.5) is 5.95 Å². The van der Waals surface area contributed by atoms with Gasteiger partial charge in [0.2, 0.25) is 5.95 Å². The molecule has 0 amide bonds. The number of aromatic nitrogens is 2. The second-order valence-electron chi connectivity index (χ2n) is 4.80. The fourth-order valence-electron chi connectivity index (χ4n) is 2.79. The molecule has 0 atom stereocenters. The fraction of sp³-hybridized carbons (Fsp3) is 0.750. The largest absolute Gasteiger partial charge is 0.356 e. The van der Waals surface area contributed by atoms with Gasteiger partial charge in [-0.3, -0.25) is 0 Å². The van der Waals surface area contributed by atoms with E-state index in [1.54, 1.807) is 0 Å². The second-order valence-corrected chi connectivity index (χ2v) is 4.80. The third-order valence-electron chi connectivity index (χ3n) is 3.68. The van der Waals surface area contributed by atoms with Crippen LogP contribution in [0.15, 0.2) is 6.20 Å². The molecule has 1 aromatic heterocycles. The topological polar surface area (TPSA) is 29.9 Å². The average molecular weight is 205 g/mol. The minimum absolute atomic E-state index is 0.735. The Morgan fingerprint density at radius 1 is 1.20 bits per heavy atom. The van der Waals surface area contributed by atoms with Crippen molar-refractivity contribution in [2.75, 3.05) is 11.9 Å². The van der Waals surface area contributed by atoms with E-state index in [0.29, 0.717) is 0 Å². The zero-order chi connectivity index (χ0) is 10.1. The van der Waals surface area contributed by atoms with Gasteiger partial charge < -0.3 is 9.88 Å². The fourth-order valence-corrected chi connectivity index (χ4v) is 2.79. The Balaban J connectivity index is 1.82. The summed E-state index contributed by atoms with van der Waals surface area (Å²) in [5.41, 5.74) is 1.33. The van der Waals surface area contributed by atoms with Crippen molar-refractivity contribution in [2.24, 2.45) is 0 Å². The first kappa shape index (κ1) is 9.25. The monoisotopic (exact) mass is 205 g/mol. The van der Waals surface area contributed by atoms with Crippen LogP contribution in [-0.4, -0.2) is 16.1 Å². The molecule has 1 aliphatic heterocycles. The molecule has 3 rings (SSSR count). The smallest absolute Gasteiger partial charge is 0.203 e. The zero-order valence-electron chi connectivity index (χ0n) is 9.21. The van der Waals surface area contributed by atoms with Gasteiger partial charge in [-0.15, -0.1) is 0 Å². The van der Waals surface area contributed by atoms with E-state index in [2.05, 4.69) is 16.1 Å². The molecule has 2 aliphatic rings. The van der Waals surface area contributed by atoms with Crippen LogP contribution >= 0.6 is 0 Å². The van der Waals surface area contributed by atoms with Crippen LogP contribution in [0.3, 0.4) is 0 Å². The molecule has 0 radical (unpaired) electrons. The molecule has 3 nitrogen and oxygen atoms in total. The van der Waals surface area contributed by atoms with Crippen LogP contribution in [-0.2, 0) is 6.54 Å². The normalized spacial score (nSPS) is 22.1. The number of nitrogens with one attached hydrogen (secondary N) is 1. The minimum Gasteiger partial charge on any atom is -0.356 e. The van der Waals surface area contributed by atoms with Gasteiger partial charge >= 0.3 is 0 Å². The molecule has 0 bridgehead atoms. The Labute approximate surface area is 90.9 Å². The van der Waals surface area contributed by atoms with Crippen LogP contribution in [0.25, 0.3) is 0 Å². The molecule has 0 saturated heterocycles. The van der Waals surface area contributed by atoms with Gasteiger partial charge in [0.25, 0.3) is 0 Å². The van der Waals surface area contributed by atoms with Crippen LogP contribution < -0.4 is 5.32 Å². The quantitative estimate of drug-likeness (QED) is 0.764. The van der Waals surface area contributed by atoms with Gasteiger partial charge in [0, 0.05) is 25.2 Å². The van der Waals surface area contributed by atoms with Gasteiger partial charge in [0.15, 0.2) is 0 Å². The van der Waals surface area contributed by atoms with Crippen molar-refractivity contribution in [3.63, 3.8) is 0 Å². The van der Waals surface area contributed by atoms with Crippen molar-refractivity contribution in [2.45, 2.75) is 51.0 Å². The summed E-state index contributed by atoms with van der Waals surface area (Å²) in [5, 5.41) is 3.37. The van der Waals surface area contributed by atoms with Crippen LogP contribution in [0.5, 0.6) is 0 Å². The third-order valence-corrected chi connectivity index (χ3v) is 3.68. The Bertz CT molecular complexity index is 313. The maximum absolute atomic E-state index is 4.73. The molecular formula is C12H19N3. The highest BCUT2D eigenvalue weighted by Gasteiger charge is 2.20. The zero-order valence-corrected chi connectivity index (χ0v) is 9.21. The van der Waals surface area contributed by atoms with Crippen molar-refractivity contribution in [3.8, 4) is 0 Å². The molecular weight excluding hydrogens is 186 g/mol. The van der Waals surface area contributed by atoms with E-state index in [-0.39, 0.29) is 0 Å². The summed E-state index contributed by atoms with van der Waals surface area (Å²) in [5.74, 6) is 1.83. The number of aryl methyl sites for hydroxylation is 1. The summed E-state index contributed by atoms with van der Waals surface area (Å²) in [6, 6.07) is 0. The number of fused-ring (bicyclic) bond motifs is 1. The number of nitrogens with zero attached hydrogens (tertiary/aromatic N) is 2. The van der Waals surface area contributed by atoms with E-state index in [9.17, 15) is 0 Å². The second kappa shape index (κ2) is 3.87. The molecule has 1 N–H and O–H groups in total. The maximum atomic E-state index is 4.73. The van der Waals surface area contributed by atoms with E-state index >= 15 is 0 Å². The van der Waals surface area contributed by atoms with Gasteiger partial charge in [-0.05, 0) is 19.3 Å². The Morgan fingerprint density at radius 3 is 2.87 bits per heavy atom. The maximum Gasteiger partial charge on any atom is 0.203 e. The molecule has 0 unspecified atom stereocenters. The Morgan fingerprint density at radius 2 is 2.07 bits per heavy atom. The SMILES string of the molecule is c1c(C2CCCCC2)nc2n1CCCN2. The summed E-state index contributed by atoms with van der Waals surface area (Å²) < 4.78 is 2.29. The van der Waals surface area contributed by atoms with Gasteiger partial charge in [-0.2, -0.15) is 0 Å². The molecule has 1 saturated carbocycles. The van der Waals surface area contributed by atoms with Gasteiger partial charge in [0.05, 0.1) is 5.69 Å². The van der Waals surface area contributed by atoms with Crippen molar-refractivity contribution in [1.82, 2.24) is 9.55 Å². The van der Waals surface area contributed by atoms with Gasteiger partial charge in [0.1, 0.15) is 0 Å². The first-order valence-corrected chi connectivity index (χ1v) is 6.24.